The highest BCUT2D eigenvalue weighted by molar-refractivity contribution is 7.53. The standard InChI is InChI=1S/C27H35O9P/c1-31-26(28)23(17-24(27(29)32-2)36-25-15-9-10-16-33-25)20-37(30,34-18-21-11-5-3-6-12-21)35-19-22-13-7-4-8-14-22/h3-8,11-14,23-25H,9-10,15-20H2,1-2H3. The van der Waals surface area contributed by atoms with Gasteiger partial charge in [0, 0.05) is 6.61 Å². The van der Waals surface area contributed by atoms with Crippen LogP contribution < -0.4 is 0 Å². The van der Waals surface area contributed by atoms with Gasteiger partial charge in [0.1, 0.15) is 0 Å². The predicted octanol–water partition coefficient (Wildman–Crippen LogP) is 4.88. The molecule has 0 saturated carbocycles. The maximum atomic E-state index is 14.0. The van der Waals surface area contributed by atoms with Gasteiger partial charge in [-0.15, -0.1) is 0 Å². The molecule has 0 N–H and O–H groups in total. The van der Waals surface area contributed by atoms with Crippen molar-refractivity contribution in [3.05, 3.63) is 71.8 Å². The van der Waals surface area contributed by atoms with Crippen LogP contribution in [0.2, 0.25) is 0 Å². The molecule has 3 atom stereocenters. The quantitative estimate of drug-likeness (QED) is 0.248. The lowest BCUT2D eigenvalue weighted by Crippen LogP contribution is -2.37. The van der Waals surface area contributed by atoms with E-state index in [0.717, 1.165) is 24.0 Å². The van der Waals surface area contributed by atoms with Crippen molar-refractivity contribution >= 4 is 19.5 Å². The average molecular weight is 535 g/mol. The van der Waals surface area contributed by atoms with Crippen LogP contribution in [0.25, 0.3) is 0 Å². The van der Waals surface area contributed by atoms with Crippen molar-refractivity contribution in [3.63, 3.8) is 0 Å². The first kappa shape index (κ1) is 29.0. The van der Waals surface area contributed by atoms with E-state index in [1.165, 1.54) is 14.2 Å². The molecule has 2 aromatic carbocycles. The van der Waals surface area contributed by atoms with Crippen LogP contribution in [0.15, 0.2) is 60.7 Å². The largest absolute Gasteiger partial charge is 0.469 e. The predicted molar refractivity (Wildman–Crippen MR) is 136 cm³/mol. The van der Waals surface area contributed by atoms with Gasteiger partial charge >= 0.3 is 19.5 Å². The summed E-state index contributed by atoms with van der Waals surface area (Å²) in [6, 6.07) is 18.5. The van der Waals surface area contributed by atoms with Gasteiger partial charge in [0.25, 0.3) is 0 Å². The van der Waals surface area contributed by atoms with E-state index in [2.05, 4.69) is 0 Å². The molecule has 10 heteroatoms. The number of methoxy groups -OCH3 is 2. The van der Waals surface area contributed by atoms with Crippen molar-refractivity contribution in [3.8, 4) is 0 Å². The molecule has 0 amide bonds. The Hall–Kier alpha value is -2.55. The first-order valence-electron chi connectivity index (χ1n) is 12.3. The summed E-state index contributed by atoms with van der Waals surface area (Å²) in [6.45, 7) is 0.566. The summed E-state index contributed by atoms with van der Waals surface area (Å²) in [5.74, 6) is -2.34. The summed E-state index contributed by atoms with van der Waals surface area (Å²) < 4.78 is 47.0. The molecule has 0 aromatic heterocycles. The number of hydrogen-bond donors (Lipinski definition) is 0. The molecule has 2 aromatic rings. The van der Waals surface area contributed by atoms with E-state index in [4.69, 9.17) is 28.0 Å². The third kappa shape index (κ3) is 9.68. The molecule has 1 saturated heterocycles. The lowest BCUT2D eigenvalue weighted by atomic mass is 10.0. The Morgan fingerprint density at radius 1 is 0.892 bits per heavy atom. The molecule has 0 spiro atoms. The Labute approximate surface area is 217 Å². The smallest absolute Gasteiger partial charge is 0.335 e. The Balaban J connectivity index is 1.78. The van der Waals surface area contributed by atoms with Gasteiger partial charge in [0.15, 0.2) is 12.4 Å². The summed E-state index contributed by atoms with van der Waals surface area (Å²) >= 11 is 0. The van der Waals surface area contributed by atoms with Crippen LogP contribution in [-0.4, -0.2) is 51.3 Å². The highest BCUT2D eigenvalue weighted by Crippen LogP contribution is 2.52. The molecule has 0 aliphatic carbocycles. The molecule has 37 heavy (non-hydrogen) atoms. The number of carbonyl (C=O) groups is 2. The van der Waals surface area contributed by atoms with Gasteiger partial charge in [-0.3, -0.25) is 9.36 Å². The molecule has 1 aliphatic heterocycles. The number of hydrogen-bond acceptors (Lipinski definition) is 9. The fourth-order valence-electron chi connectivity index (χ4n) is 3.92. The normalized spacial score (nSPS) is 17.5. The van der Waals surface area contributed by atoms with Crippen molar-refractivity contribution in [2.75, 3.05) is 27.0 Å². The monoisotopic (exact) mass is 534 g/mol. The first-order chi connectivity index (χ1) is 17.9. The molecular weight excluding hydrogens is 499 g/mol. The van der Waals surface area contributed by atoms with Crippen LogP contribution in [0.1, 0.15) is 36.8 Å². The van der Waals surface area contributed by atoms with Crippen molar-refractivity contribution in [2.24, 2.45) is 5.92 Å². The van der Waals surface area contributed by atoms with Crippen LogP contribution in [0.4, 0.5) is 0 Å². The van der Waals surface area contributed by atoms with Crippen LogP contribution in [0.5, 0.6) is 0 Å². The zero-order valence-corrected chi connectivity index (χ0v) is 22.2. The Morgan fingerprint density at radius 3 is 1.95 bits per heavy atom. The van der Waals surface area contributed by atoms with Gasteiger partial charge in [-0.1, -0.05) is 60.7 Å². The van der Waals surface area contributed by atoms with Gasteiger partial charge in [0.05, 0.1) is 39.5 Å². The second kappa shape index (κ2) is 15.0. The third-order valence-electron chi connectivity index (χ3n) is 5.94. The van der Waals surface area contributed by atoms with E-state index >= 15 is 0 Å². The van der Waals surface area contributed by atoms with Crippen molar-refractivity contribution in [2.45, 2.75) is 51.3 Å². The maximum absolute atomic E-state index is 14.0. The second-order valence-corrected chi connectivity index (χ2v) is 10.8. The number of rotatable bonds is 14. The van der Waals surface area contributed by atoms with Gasteiger partial charge in [-0.2, -0.15) is 0 Å². The van der Waals surface area contributed by atoms with E-state index in [0.29, 0.717) is 13.0 Å². The van der Waals surface area contributed by atoms with E-state index < -0.39 is 37.8 Å². The molecule has 1 fully saturated rings. The van der Waals surface area contributed by atoms with Crippen molar-refractivity contribution < 1.29 is 42.1 Å². The Bertz CT molecular complexity index is 962. The topological polar surface area (TPSA) is 107 Å². The summed E-state index contributed by atoms with van der Waals surface area (Å²) in [7, 11) is -1.38. The summed E-state index contributed by atoms with van der Waals surface area (Å²) in [5, 5.41) is 0. The van der Waals surface area contributed by atoms with Gasteiger partial charge in [-0.05, 0) is 36.8 Å². The van der Waals surface area contributed by atoms with E-state index in [1.807, 2.05) is 60.7 Å². The molecule has 3 unspecified atom stereocenters. The first-order valence-corrected chi connectivity index (χ1v) is 14.0. The molecule has 0 bridgehead atoms. The summed E-state index contributed by atoms with van der Waals surface area (Å²) in [4.78, 5) is 25.3. The van der Waals surface area contributed by atoms with E-state index in [-0.39, 0.29) is 25.8 Å². The summed E-state index contributed by atoms with van der Waals surface area (Å²) in [6.07, 6.45) is 0.285. The second-order valence-electron chi connectivity index (χ2n) is 8.71. The number of carbonyl (C=O) groups excluding carboxylic acids is 2. The molecule has 1 heterocycles. The van der Waals surface area contributed by atoms with E-state index in [9.17, 15) is 14.2 Å². The SMILES string of the molecule is COC(=O)C(CC(OC1CCCCO1)C(=O)OC)CP(=O)(OCc1ccccc1)OCc1ccccc1. The minimum atomic E-state index is -3.85. The minimum Gasteiger partial charge on any atom is -0.469 e. The Kier molecular flexibility index (Phi) is 11.8. The third-order valence-corrected chi connectivity index (χ3v) is 7.87. The van der Waals surface area contributed by atoms with Crippen molar-refractivity contribution in [1.82, 2.24) is 0 Å². The fraction of sp³-hybridized carbons (Fsp3) is 0.481. The minimum absolute atomic E-state index is 0.0215. The fourth-order valence-corrected chi connectivity index (χ4v) is 5.73. The van der Waals surface area contributed by atoms with Gasteiger partial charge < -0.3 is 28.0 Å². The molecule has 1 aliphatic rings. The van der Waals surface area contributed by atoms with Gasteiger partial charge in [0.2, 0.25) is 0 Å². The van der Waals surface area contributed by atoms with Crippen LogP contribution in [-0.2, 0) is 55.4 Å². The number of ether oxygens (including phenoxy) is 4. The van der Waals surface area contributed by atoms with Crippen LogP contribution >= 0.6 is 7.60 Å². The highest BCUT2D eigenvalue weighted by Gasteiger charge is 2.38. The number of benzene rings is 2. The maximum Gasteiger partial charge on any atom is 0.335 e. The number of esters is 2. The van der Waals surface area contributed by atoms with Gasteiger partial charge in [-0.25, -0.2) is 4.79 Å². The lowest BCUT2D eigenvalue weighted by molar-refractivity contribution is -0.205. The molecule has 3 rings (SSSR count). The van der Waals surface area contributed by atoms with Crippen molar-refractivity contribution in [1.29, 1.82) is 0 Å². The van der Waals surface area contributed by atoms with Crippen LogP contribution in [0.3, 0.4) is 0 Å². The average Bonchev–Trinajstić information content (AvgIpc) is 2.95. The molecule has 9 nitrogen and oxygen atoms in total. The zero-order chi connectivity index (χ0) is 26.5. The molecular formula is C27H35O9P. The zero-order valence-electron chi connectivity index (χ0n) is 21.3. The summed E-state index contributed by atoms with van der Waals surface area (Å²) in [5.41, 5.74) is 1.59. The van der Waals surface area contributed by atoms with Crippen LogP contribution in [0, 0.1) is 5.92 Å². The Morgan fingerprint density at radius 2 is 1.46 bits per heavy atom. The van der Waals surface area contributed by atoms with E-state index in [1.54, 1.807) is 0 Å². The lowest BCUT2D eigenvalue weighted by Gasteiger charge is -2.29. The highest BCUT2D eigenvalue weighted by atomic mass is 31.2. The molecule has 202 valence electrons. The molecule has 0 radical (unpaired) electrons.